The number of Topliss-reactive ketones (excluding diaryl/α,β-unsaturated/α-hetero) is 1. The Morgan fingerprint density at radius 2 is 1.57 bits per heavy atom. The third-order valence-corrected chi connectivity index (χ3v) is 4.41. The van der Waals surface area contributed by atoms with E-state index >= 15 is 0 Å². The molecule has 1 aliphatic carbocycles. The first kappa shape index (κ1) is 19.6. The number of carbonyl (C=O) groups is 3. The maximum absolute atomic E-state index is 12.2. The van der Waals surface area contributed by atoms with Gasteiger partial charge in [0.05, 0.1) is 6.61 Å². The van der Waals surface area contributed by atoms with Crippen LogP contribution >= 0.6 is 0 Å². The van der Waals surface area contributed by atoms with Crippen LogP contribution in [0.4, 0.5) is 5.69 Å². The second-order valence-electron chi connectivity index (χ2n) is 6.75. The second kappa shape index (κ2) is 9.17. The van der Waals surface area contributed by atoms with E-state index in [0.717, 1.165) is 12.8 Å². The van der Waals surface area contributed by atoms with Crippen LogP contribution in [0.3, 0.4) is 0 Å². The van der Waals surface area contributed by atoms with Crippen LogP contribution in [-0.4, -0.2) is 30.2 Å². The molecule has 6 nitrogen and oxygen atoms in total. The Labute approximate surface area is 164 Å². The fraction of sp³-hybridized carbons (Fsp3) is 0.318. The number of hydrogen-bond donors (Lipinski definition) is 2. The van der Waals surface area contributed by atoms with Crippen molar-refractivity contribution in [1.29, 1.82) is 0 Å². The average Bonchev–Trinajstić information content (AvgIpc) is 3.51. The topological polar surface area (TPSA) is 84.5 Å². The number of carbonyl (C=O) groups excluding carboxylic acids is 3. The van der Waals surface area contributed by atoms with Crippen molar-refractivity contribution in [2.45, 2.75) is 38.6 Å². The number of ether oxygens (including phenoxy) is 1. The van der Waals surface area contributed by atoms with Gasteiger partial charge in [-0.05, 0) is 68.3 Å². The van der Waals surface area contributed by atoms with Crippen LogP contribution in [0.15, 0.2) is 48.5 Å². The minimum Gasteiger partial charge on any atom is -0.494 e. The highest BCUT2D eigenvalue weighted by atomic mass is 16.5. The number of amides is 2. The summed E-state index contributed by atoms with van der Waals surface area (Å²) in [6.45, 7) is 2.47. The van der Waals surface area contributed by atoms with E-state index in [0.29, 0.717) is 35.2 Å². The van der Waals surface area contributed by atoms with Crippen molar-refractivity contribution in [3.8, 4) is 5.75 Å². The Balaban J connectivity index is 1.45. The lowest BCUT2D eigenvalue weighted by Crippen LogP contribution is -2.25. The van der Waals surface area contributed by atoms with Crippen molar-refractivity contribution in [3.05, 3.63) is 59.7 Å². The molecule has 2 aromatic carbocycles. The van der Waals surface area contributed by atoms with Gasteiger partial charge in [0.25, 0.3) is 5.91 Å². The van der Waals surface area contributed by atoms with E-state index in [1.54, 1.807) is 48.5 Å². The van der Waals surface area contributed by atoms with Gasteiger partial charge in [0.15, 0.2) is 5.78 Å². The summed E-state index contributed by atoms with van der Waals surface area (Å²) < 4.78 is 5.35. The Kier molecular flexibility index (Phi) is 6.42. The normalized spacial score (nSPS) is 12.9. The molecule has 0 aliphatic heterocycles. The molecule has 1 aliphatic rings. The highest BCUT2D eigenvalue weighted by Crippen LogP contribution is 2.20. The molecular weight excluding hydrogens is 356 g/mol. The highest BCUT2D eigenvalue weighted by molar-refractivity contribution is 6.00. The molecule has 6 heteroatoms. The van der Waals surface area contributed by atoms with E-state index in [9.17, 15) is 14.4 Å². The Bertz CT molecular complexity index is 840. The number of hydrogen-bond acceptors (Lipinski definition) is 4. The molecule has 2 amide bonds. The molecule has 0 unspecified atom stereocenters. The molecule has 0 atom stereocenters. The van der Waals surface area contributed by atoms with Crippen LogP contribution in [0, 0.1) is 0 Å². The predicted octanol–water partition coefficient (Wildman–Crippen LogP) is 3.58. The molecule has 0 spiro atoms. The molecule has 1 saturated carbocycles. The highest BCUT2D eigenvalue weighted by Gasteiger charge is 2.23. The number of benzene rings is 2. The van der Waals surface area contributed by atoms with Gasteiger partial charge in [0.2, 0.25) is 5.91 Å². The van der Waals surface area contributed by atoms with Crippen molar-refractivity contribution in [2.24, 2.45) is 0 Å². The predicted molar refractivity (Wildman–Crippen MR) is 107 cm³/mol. The zero-order valence-corrected chi connectivity index (χ0v) is 15.9. The standard InChI is InChI=1S/C22H24N2O4/c1-2-28-19-11-5-15(6-12-19)20(25)13-14-21(26)23-17-7-3-16(4-8-17)22(27)24-18-9-10-18/h3-8,11-12,18H,2,9-10,13-14H2,1H3,(H,23,26)(H,24,27). The van der Waals surface area contributed by atoms with Gasteiger partial charge in [-0.15, -0.1) is 0 Å². The smallest absolute Gasteiger partial charge is 0.251 e. The number of rotatable bonds is 9. The summed E-state index contributed by atoms with van der Waals surface area (Å²) >= 11 is 0. The molecule has 0 radical (unpaired) electrons. The summed E-state index contributed by atoms with van der Waals surface area (Å²) in [6, 6.07) is 13.9. The summed E-state index contributed by atoms with van der Waals surface area (Å²) in [5.74, 6) is 0.284. The first-order chi connectivity index (χ1) is 13.5. The molecule has 3 rings (SSSR count). The van der Waals surface area contributed by atoms with Gasteiger partial charge in [0.1, 0.15) is 5.75 Å². The molecule has 0 bridgehead atoms. The van der Waals surface area contributed by atoms with E-state index in [1.807, 2.05) is 6.92 Å². The molecule has 0 aromatic heterocycles. The zero-order valence-electron chi connectivity index (χ0n) is 15.9. The van der Waals surface area contributed by atoms with Crippen LogP contribution in [-0.2, 0) is 4.79 Å². The number of nitrogens with one attached hydrogen (secondary N) is 2. The first-order valence-corrected chi connectivity index (χ1v) is 9.52. The molecular formula is C22H24N2O4. The fourth-order valence-electron chi connectivity index (χ4n) is 2.70. The van der Waals surface area contributed by atoms with E-state index < -0.39 is 0 Å². The van der Waals surface area contributed by atoms with E-state index in [2.05, 4.69) is 10.6 Å². The van der Waals surface area contributed by atoms with Gasteiger partial charge in [-0.25, -0.2) is 0 Å². The summed E-state index contributed by atoms with van der Waals surface area (Å²) in [6.07, 6.45) is 2.29. The van der Waals surface area contributed by atoms with Crippen LogP contribution in [0.1, 0.15) is 53.3 Å². The van der Waals surface area contributed by atoms with Crippen molar-refractivity contribution in [2.75, 3.05) is 11.9 Å². The lowest BCUT2D eigenvalue weighted by molar-refractivity contribution is -0.116. The lowest BCUT2D eigenvalue weighted by Gasteiger charge is -2.07. The van der Waals surface area contributed by atoms with Crippen molar-refractivity contribution in [3.63, 3.8) is 0 Å². The molecule has 0 saturated heterocycles. The summed E-state index contributed by atoms with van der Waals surface area (Å²) in [7, 11) is 0. The third-order valence-electron chi connectivity index (χ3n) is 4.41. The van der Waals surface area contributed by atoms with E-state index in [4.69, 9.17) is 4.74 Å². The third kappa shape index (κ3) is 5.67. The Hall–Kier alpha value is -3.15. The van der Waals surface area contributed by atoms with Gasteiger partial charge in [-0.3, -0.25) is 14.4 Å². The SMILES string of the molecule is CCOc1ccc(C(=O)CCC(=O)Nc2ccc(C(=O)NC3CC3)cc2)cc1. The van der Waals surface area contributed by atoms with Crippen LogP contribution in [0.25, 0.3) is 0 Å². The second-order valence-corrected chi connectivity index (χ2v) is 6.75. The van der Waals surface area contributed by atoms with E-state index in [-0.39, 0.29) is 30.4 Å². The summed E-state index contributed by atoms with van der Waals surface area (Å²) in [4.78, 5) is 36.3. The molecule has 146 valence electrons. The largest absolute Gasteiger partial charge is 0.494 e. The van der Waals surface area contributed by atoms with Crippen LogP contribution in [0.5, 0.6) is 5.75 Å². The first-order valence-electron chi connectivity index (χ1n) is 9.52. The Morgan fingerprint density at radius 3 is 2.18 bits per heavy atom. The summed E-state index contributed by atoms with van der Waals surface area (Å²) in [5.41, 5.74) is 1.72. The molecule has 0 heterocycles. The fourth-order valence-corrected chi connectivity index (χ4v) is 2.70. The average molecular weight is 380 g/mol. The lowest BCUT2D eigenvalue weighted by atomic mass is 10.1. The van der Waals surface area contributed by atoms with Crippen molar-refractivity contribution < 1.29 is 19.1 Å². The Morgan fingerprint density at radius 1 is 0.929 bits per heavy atom. The van der Waals surface area contributed by atoms with Gasteiger partial charge in [0, 0.05) is 35.7 Å². The van der Waals surface area contributed by atoms with Crippen LogP contribution < -0.4 is 15.4 Å². The molecule has 2 aromatic rings. The van der Waals surface area contributed by atoms with Gasteiger partial charge in [-0.2, -0.15) is 0 Å². The van der Waals surface area contributed by atoms with Crippen molar-refractivity contribution >= 4 is 23.3 Å². The molecule has 28 heavy (non-hydrogen) atoms. The van der Waals surface area contributed by atoms with Gasteiger partial charge < -0.3 is 15.4 Å². The minimum absolute atomic E-state index is 0.0923. The number of ketones is 1. The number of anilines is 1. The minimum atomic E-state index is -0.241. The monoisotopic (exact) mass is 380 g/mol. The zero-order chi connectivity index (χ0) is 19.9. The van der Waals surface area contributed by atoms with Crippen LogP contribution in [0.2, 0.25) is 0 Å². The van der Waals surface area contributed by atoms with Gasteiger partial charge in [-0.1, -0.05) is 0 Å². The maximum atomic E-state index is 12.2. The quantitative estimate of drug-likeness (QED) is 0.651. The van der Waals surface area contributed by atoms with Gasteiger partial charge >= 0.3 is 0 Å². The maximum Gasteiger partial charge on any atom is 0.251 e. The molecule has 2 N–H and O–H groups in total. The van der Waals surface area contributed by atoms with E-state index in [1.165, 1.54) is 0 Å². The summed E-state index contributed by atoms with van der Waals surface area (Å²) in [5, 5.41) is 5.67. The molecule has 1 fully saturated rings. The van der Waals surface area contributed by atoms with Crippen molar-refractivity contribution in [1.82, 2.24) is 5.32 Å².